The van der Waals surface area contributed by atoms with Gasteiger partial charge in [-0.3, -0.25) is 14.5 Å². The molecule has 1 saturated heterocycles. The lowest BCUT2D eigenvalue weighted by atomic mass is 9.88. The Hall–Kier alpha value is -1.20. The topological polar surface area (TPSA) is 63.4 Å². The highest BCUT2D eigenvalue weighted by molar-refractivity contribution is 9.10. The average molecular weight is 311 g/mol. The molecule has 0 atom stereocenters. The molecule has 0 aliphatic carbocycles. The van der Waals surface area contributed by atoms with Crippen LogP contribution >= 0.6 is 15.9 Å². The van der Waals surface area contributed by atoms with Crippen LogP contribution in [-0.4, -0.2) is 29.8 Å². The van der Waals surface area contributed by atoms with E-state index in [0.29, 0.717) is 25.9 Å². The molecule has 0 spiro atoms. The molecule has 2 rings (SSSR count). The number of rotatable bonds is 3. The predicted octanol–water partition coefficient (Wildman–Crippen LogP) is 1.64. The SMILES string of the molecule is NCCN1C(=O)CC(c2ccccc2Br)CC1=O. The van der Waals surface area contributed by atoms with Gasteiger partial charge in [-0.15, -0.1) is 0 Å². The summed E-state index contributed by atoms with van der Waals surface area (Å²) in [5, 5.41) is 0. The normalized spacial score (nSPS) is 17.3. The van der Waals surface area contributed by atoms with Crippen LogP contribution in [-0.2, 0) is 9.59 Å². The second-order valence-electron chi connectivity index (χ2n) is 4.35. The van der Waals surface area contributed by atoms with Crippen molar-refractivity contribution in [3.05, 3.63) is 34.3 Å². The first kappa shape index (κ1) is 13.2. The Bertz CT molecular complexity index is 458. The molecular formula is C13H15BrN2O2. The van der Waals surface area contributed by atoms with Crippen molar-refractivity contribution in [1.82, 2.24) is 4.90 Å². The zero-order valence-corrected chi connectivity index (χ0v) is 11.5. The van der Waals surface area contributed by atoms with Gasteiger partial charge < -0.3 is 5.73 Å². The lowest BCUT2D eigenvalue weighted by Crippen LogP contribution is -2.45. The fourth-order valence-electron chi connectivity index (χ4n) is 2.26. The molecule has 0 bridgehead atoms. The van der Waals surface area contributed by atoms with Gasteiger partial charge in [0.2, 0.25) is 11.8 Å². The van der Waals surface area contributed by atoms with Crippen LogP contribution in [0, 0.1) is 0 Å². The molecule has 2 N–H and O–H groups in total. The van der Waals surface area contributed by atoms with Crippen molar-refractivity contribution in [3.8, 4) is 0 Å². The quantitative estimate of drug-likeness (QED) is 0.863. The molecule has 96 valence electrons. The fraction of sp³-hybridized carbons (Fsp3) is 0.385. The van der Waals surface area contributed by atoms with Gasteiger partial charge in [0.15, 0.2) is 0 Å². The largest absolute Gasteiger partial charge is 0.329 e. The first-order valence-corrected chi connectivity index (χ1v) is 6.70. The van der Waals surface area contributed by atoms with Crippen molar-refractivity contribution in [2.75, 3.05) is 13.1 Å². The molecule has 1 aromatic rings. The number of hydrogen-bond acceptors (Lipinski definition) is 3. The van der Waals surface area contributed by atoms with Gasteiger partial charge in [-0.1, -0.05) is 34.1 Å². The maximum Gasteiger partial charge on any atom is 0.229 e. The van der Waals surface area contributed by atoms with E-state index in [-0.39, 0.29) is 17.7 Å². The molecule has 1 aliphatic heterocycles. The standard InChI is InChI=1S/C13H15BrN2O2/c14-11-4-2-1-3-10(11)9-7-12(17)16(6-5-15)13(18)8-9/h1-4,9H,5-8,15H2. The van der Waals surface area contributed by atoms with E-state index < -0.39 is 0 Å². The van der Waals surface area contributed by atoms with E-state index in [1.165, 1.54) is 4.90 Å². The minimum absolute atomic E-state index is 0.0328. The number of imide groups is 1. The van der Waals surface area contributed by atoms with E-state index in [9.17, 15) is 9.59 Å². The third-order valence-corrected chi connectivity index (χ3v) is 3.86. The summed E-state index contributed by atoms with van der Waals surface area (Å²) >= 11 is 3.46. The number of halogens is 1. The van der Waals surface area contributed by atoms with Crippen LogP contribution in [0.15, 0.2) is 28.7 Å². The zero-order chi connectivity index (χ0) is 13.1. The van der Waals surface area contributed by atoms with E-state index in [1.807, 2.05) is 24.3 Å². The molecule has 1 fully saturated rings. The number of likely N-dealkylation sites (tertiary alicyclic amines) is 1. The molecule has 2 amide bonds. The van der Waals surface area contributed by atoms with Crippen LogP contribution in [0.3, 0.4) is 0 Å². The molecular weight excluding hydrogens is 296 g/mol. The van der Waals surface area contributed by atoms with Crippen molar-refractivity contribution in [2.24, 2.45) is 5.73 Å². The summed E-state index contributed by atoms with van der Waals surface area (Å²) < 4.78 is 0.947. The molecule has 1 aromatic carbocycles. The van der Waals surface area contributed by atoms with Gasteiger partial charge in [0, 0.05) is 36.3 Å². The van der Waals surface area contributed by atoms with E-state index >= 15 is 0 Å². The Morgan fingerprint density at radius 3 is 2.39 bits per heavy atom. The second-order valence-corrected chi connectivity index (χ2v) is 5.21. The summed E-state index contributed by atoms with van der Waals surface area (Å²) in [4.78, 5) is 25.1. The highest BCUT2D eigenvalue weighted by Gasteiger charge is 2.33. The summed E-state index contributed by atoms with van der Waals surface area (Å²) in [6, 6.07) is 7.71. The second kappa shape index (κ2) is 5.63. The number of carbonyl (C=O) groups is 2. The van der Waals surface area contributed by atoms with Gasteiger partial charge in [0.05, 0.1) is 0 Å². The van der Waals surface area contributed by atoms with Gasteiger partial charge in [-0.2, -0.15) is 0 Å². The Labute approximate surface area is 114 Å². The average Bonchev–Trinajstić information content (AvgIpc) is 2.34. The highest BCUT2D eigenvalue weighted by atomic mass is 79.9. The van der Waals surface area contributed by atoms with Crippen molar-refractivity contribution in [3.63, 3.8) is 0 Å². The van der Waals surface area contributed by atoms with E-state index in [0.717, 1.165) is 10.0 Å². The van der Waals surface area contributed by atoms with Crippen LogP contribution in [0.25, 0.3) is 0 Å². The molecule has 1 heterocycles. The number of benzene rings is 1. The third kappa shape index (κ3) is 2.62. The Kier molecular flexibility index (Phi) is 4.14. The molecule has 0 saturated carbocycles. The van der Waals surface area contributed by atoms with Gasteiger partial charge >= 0.3 is 0 Å². The van der Waals surface area contributed by atoms with Crippen molar-refractivity contribution in [2.45, 2.75) is 18.8 Å². The molecule has 18 heavy (non-hydrogen) atoms. The summed E-state index contributed by atoms with van der Waals surface area (Å²) in [5.41, 5.74) is 6.42. The lowest BCUT2D eigenvalue weighted by molar-refractivity contribution is -0.148. The van der Waals surface area contributed by atoms with Crippen molar-refractivity contribution < 1.29 is 9.59 Å². The monoisotopic (exact) mass is 310 g/mol. The Morgan fingerprint density at radius 1 is 1.22 bits per heavy atom. The number of hydrogen-bond donors (Lipinski definition) is 1. The van der Waals surface area contributed by atoms with Crippen LogP contribution in [0.2, 0.25) is 0 Å². The van der Waals surface area contributed by atoms with Gasteiger partial charge in [-0.05, 0) is 11.6 Å². The van der Waals surface area contributed by atoms with E-state index in [4.69, 9.17) is 5.73 Å². The van der Waals surface area contributed by atoms with Crippen molar-refractivity contribution >= 4 is 27.7 Å². The van der Waals surface area contributed by atoms with E-state index in [2.05, 4.69) is 15.9 Å². The number of nitrogens with two attached hydrogens (primary N) is 1. The molecule has 0 aromatic heterocycles. The van der Waals surface area contributed by atoms with Crippen molar-refractivity contribution in [1.29, 1.82) is 0 Å². The van der Waals surface area contributed by atoms with Gasteiger partial charge in [-0.25, -0.2) is 0 Å². The molecule has 5 heteroatoms. The minimum Gasteiger partial charge on any atom is -0.329 e. The predicted molar refractivity (Wildman–Crippen MR) is 71.9 cm³/mol. The summed E-state index contributed by atoms with van der Waals surface area (Å²) in [6.45, 7) is 0.636. The van der Waals surface area contributed by atoms with E-state index in [1.54, 1.807) is 0 Å². The Morgan fingerprint density at radius 2 is 1.83 bits per heavy atom. The molecule has 4 nitrogen and oxygen atoms in total. The van der Waals surface area contributed by atoms with Gasteiger partial charge in [0.25, 0.3) is 0 Å². The van der Waals surface area contributed by atoms with Crippen LogP contribution in [0.5, 0.6) is 0 Å². The fourth-order valence-corrected chi connectivity index (χ4v) is 2.87. The number of piperidine rings is 1. The lowest BCUT2D eigenvalue weighted by Gasteiger charge is -2.30. The summed E-state index contributed by atoms with van der Waals surface area (Å²) in [6.07, 6.45) is 0.739. The highest BCUT2D eigenvalue weighted by Crippen LogP contribution is 2.33. The number of nitrogens with zero attached hydrogens (tertiary/aromatic N) is 1. The molecule has 1 aliphatic rings. The number of amides is 2. The summed E-state index contributed by atoms with van der Waals surface area (Å²) in [5.74, 6) is -0.287. The minimum atomic E-state index is -0.127. The van der Waals surface area contributed by atoms with Crippen LogP contribution < -0.4 is 5.73 Å². The Balaban J connectivity index is 2.18. The maximum atomic E-state index is 11.9. The number of carbonyl (C=O) groups excluding carboxylic acids is 2. The molecule has 0 unspecified atom stereocenters. The smallest absolute Gasteiger partial charge is 0.229 e. The van der Waals surface area contributed by atoms with Crippen LogP contribution in [0.4, 0.5) is 0 Å². The van der Waals surface area contributed by atoms with Gasteiger partial charge in [0.1, 0.15) is 0 Å². The molecule has 0 radical (unpaired) electrons. The third-order valence-electron chi connectivity index (χ3n) is 3.14. The zero-order valence-electron chi connectivity index (χ0n) is 9.93. The first-order chi connectivity index (χ1) is 8.63. The van der Waals surface area contributed by atoms with Crippen LogP contribution in [0.1, 0.15) is 24.3 Å². The first-order valence-electron chi connectivity index (χ1n) is 5.91. The maximum absolute atomic E-state index is 11.9. The summed E-state index contributed by atoms with van der Waals surface area (Å²) in [7, 11) is 0.